The Balaban J connectivity index is 1.55. The minimum Gasteiger partial charge on any atom is -0.487 e. The van der Waals surface area contributed by atoms with Crippen molar-refractivity contribution in [2.24, 2.45) is 5.92 Å². The fourth-order valence-corrected chi connectivity index (χ4v) is 3.69. The molecule has 0 aromatic heterocycles. The summed E-state index contributed by atoms with van der Waals surface area (Å²) in [5.41, 5.74) is 1.87. The standard InChI is InChI=1S/C24H28N2O4/c1-2-16-30-23-10-8-20(18-22(23)26(28)29)9-11-24(27)25-14-12-21(13-15-25)17-19-6-4-3-5-7-19/h3-11,18,21H,2,12-17H2,1H3/b11-9+. The van der Waals surface area contributed by atoms with Gasteiger partial charge in [0.15, 0.2) is 5.75 Å². The molecule has 6 nitrogen and oxygen atoms in total. The molecule has 1 aliphatic heterocycles. The average Bonchev–Trinajstić information content (AvgIpc) is 2.77. The molecule has 1 amide bonds. The fraction of sp³-hybridized carbons (Fsp3) is 0.375. The van der Waals surface area contributed by atoms with Gasteiger partial charge in [0, 0.05) is 25.2 Å². The third-order valence-corrected chi connectivity index (χ3v) is 5.35. The lowest BCUT2D eigenvalue weighted by molar-refractivity contribution is -0.385. The molecule has 2 aromatic carbocycles. The zero-order chi connectivity index (χ0) is 21.3. The summed E-state index contributed by atoms with van der Waals surface area (Å²) in [4.78, 5) is 25.3. The lowest BCUT2D eigenvalue weighted by Gasteiger charge is -2.31. The predicted octanol–water partition coefficient (Wildman–Crippen LogP) is 4.88. The van der Waals surface area contributed by atoms with E-state index in [4.69, 9.17) is 4.74 Å². The fourth-order valence-electron chi connectivity index (χ4n) is 3.69. The van der Waals surface area contributed by atoms with Crippen molar-refractivity contribution >= 4 is 17.7 Å². The van der Waals surface area contributed by atoms with Crippen molar-refractivity contribution in [2.75, 3.05) is 19.7 Å². The van der Waals surface area contributed by atoms with E-state index in [9.17, 15) is 14.9 Å². The van der Waals surface area contributed by atoms with Crippen molar-refractivity contribution in [3.63, 3.8) is 0 Å². The molecule has 0 spiro atoms. The Labute approximate surface area is 177 Å². The molecule has 0 bridgehead atoms. The summed E-state index contributed by atoms with van der Waals surface area (Å²) in [5, 5.41) is 11.3. The molecule has 0 saturated carbocycles. The highest BCUT2D eigenvalue weighted by molar-refractivity contribution is 5.92. The number of hydrogen-bond acceptors (Lipinski definition) is 4. The van der Waals surface area contributed by atoms with Gasteiger partial charge in [0.05, 0.1) is 11.5 Å². The van der Waals surface area contributed by atoms with Gasteiger partial charge >= 0.3 is 5.69 Å². The minimum atomic E-state index is -0.457. The Hall–Kier alpha value is -3.15. The highest BCUT2D eigenvalue weighted by Crippen LogP contribution is 2.29. The second-order valence-electron chi connectivity index (χ2n) is 7.62. The number of amides is 1. The highest BCUT2D eigenvalue weighted by atomic mass is 16.6. The van der Waals surface area contributed by atoms with Gasteiger partial charge in [0.1, 0.15) is 0 Å². The van der Waals surface area contributed by atoms with Crippen LogP contribution in [-0.4, -0.2) is 35.4 Å². The Kier molecular flexibility index (Phi) is 7.60. The molecule has 2 aromatic rings. The molecule has 30 heavy (non-hydrogen) atoms. The maximum atomic E-state index is 12.5. The minimum absolute atomic E-state index is 0.0536. The molecule has 158 valence electrons. The van der Waals surface area contributed by atoms with E-state index in [1.807, 2.05) is 17.9 Å². The lowest BCUT2D eigenvalue weighted by atomic mass is 9.90. The Morgan fingerprint density at radius 2 is 1.93 bits per heavy atom. The molecule has 1 fully saturated rings. The summed E-state index contributed by atoms with van der Waals surface area (Å²) >= 11 is 0. The first-order valence-corrected chi connectivity index (χ1v) is 10.5. The van der Waals surface area contributed by atoms with Gasteiger partial charge in [-0.05, 0) is 54.9 Å². The molecule has 1 saturated heterocycles. The maximum absolute atomic E-state index is 12.5. The van der Waals surface area contributed by atoms with Crippen molar-refractivity contribution < 1.29 is 14.5 Å². The number of carbonyl (C=O) groups is 1. The monoisotopic (exact) mass is 408 g/mol. The van der Waals surface area contributed by atoms with Crippen LogP contribution in [-0.2, 0) is 11.2 Å². The average molecular weight is 408 g/mol. The van der Waals surface area contributed by atoms with Crippen LogP contribution in [0.1, 0.15) is 37.3 Å². The van der Waals surface area contributed by atoms with Gasteiger partial charge in [-0.15, -0.1) is 0 Å². The van der Waals surface area contributed by atoms with Crippen LogP contribution in [0, 0.1) is 16.0 Å². The normalized spacial score (nSPS) is 14.8. The van der Waals surface area contributed by atoms with E-state index in [1.54, 1.807) is 18.2 Å². The topological polar surface area (TPSA) is 72.7 Å². The number of nitrogens with zero attached hydrogens (tertiary/aromatic N) is 2. The summed E-state index contributed by atoms with van der Waals surface area (Å²) in [5.74, 6) is 0.798. The molecular formula is C24H28N2O4. The van der Waals surface area contributed by atoms with Crippen LogP contribution >= 0.6 is 0 Å². The summed E-state index contributed by atoms with van der Waals surface area (Å²) in [6.45, 7) is 3.85. The third kappa shape index (κ3) is 5.92. The van der Waals surface area contributed by atoms with Gasteiger partial charge in [-0.25, -0.2) is 0 Å². The van der Waals surface area contributed by atoms with Crippen LogP contribution in [0.5, 0.6) is 5.75 Å². The van der Waals surface area contributed by atoms with Crippen molar-refractivity contribution in [1.82, 2.24) is 4.90 Å². The summed E-state index contributed by atoms with van der Waals surface area (Å²) in [6.07, 6.45) is 6.94. The van der Waals surface area contributed by atoms with Crippen molar-refractivity contribution in [3.05, 3.63) is 75.8 Å². The van der Waals surface area contributed by atoms with E-state index in [-0.39, 0.29) is 17.3 Å². The maximum Gasteiger partial charge on any atom is 0.311 e. The quantitative estimate of drug-likeness (QED) is 0.355. The molecule has 0 aliphatic carbocycles. The molecule has 0 N–H and O–H groups in total. The SMILES string of the molecule is CCCOc1ccc(/C=C/C(=O)N2CCC(Cc3ccccc3)CC2)cc1[N+](=O)[O-]. The largest absolute Gasteiger partial charge is 0.487 e. The van der Waals surface area contributed by atoms with Crippen molar-refractivity contribution in [3.8, 4) is 5.75 Å². The van der Waals surface area contributed by atoms with Crippen LogP contribution in [0.3, 0.4) is 0 Å². The third-order valence-electron chi connectivity index (χ3n) is 5.35. The smallest absolute Gasteiger partial charge is 0.311 e. The molecule has 3 rings (SSSR count). The first-order chi connectivity index (χ1) is 14.6. The number of ether oxygens (including phenoxy) is 1. The first kappa shape index (κ1) is 21.6. The van der Waals surface area contributed by atoms with Crippen molar-refractivity contribution in [1.29, 1.82) is 0 Å². The number of benzene rings is 2. The second kappa shape index (κ2) is 10.6. The Morgan fingerprint density at radius 1 is 1.20 bits per heavy atom. The number of rotatable bonds is 8. The van der Waals surface area contributed by atoms with Crippen LogP contribution < -0.4 is 4.74 Å². The molecule has 0 atom stereocenters. The molecule has 1 aliphatic rings. The van der Waals surface area contributed by atoms with Gasteiger partial charge in [-0.2, -0.15) is 0 Å². The zero-order valence-corrected chi connectivity index (χ0v) is 17.3. The molecule has 1 heterocycles. The van der Waals surface area contributed by atoms with Crippen LogP contribution in [0.25, 0.3) is 6.08 Å². The summed E-state index contributed by atoms with van der Waals surface area (Å²) in [6, 6.07) is 15.2. The highest BCUT2D eigenvalue weighted by Gasteiger charge is 2.22. The van der Waals surface area contributed by atoms with Gasteiger partial charge in [0.25, 0.3) is 0 Å². The first-order valence-electron chi connectivity index (χ1n) is 10.5. The van der Waals surface area contributed by atoms with Gasteiger partial charge in [0.2, 0.25) is 5.91 Å². The van der Waals surface area contributed by atoms with Gasteiger partial charge < -0.3 is 9.64 Å². The number of nitro benzene ring substituents is 1. The van der Waals surface area contributed by atoms with E-state index < -0.39 is 4.92 Å². The zero-order valence-electron chi connectivity index (χ0n) is 17.3. The lowest BCUT2D eigenvalue weighted by Crippen LogP contribution is -2.37. The van der Waals surface area contributed by atoms with Crippen LogP contribution in [0.15, 0.2) is 54.6 Å². The number of hydrogen-bond donors (Lipinski definition) is 0. The molecule has 0 unspecified atom stereocenters. The second-order valence-corrected chi connectivity index (χ2v) is 7.62. The number of piperidine rings is 1. The van der Waals surface area contributed by atoms with E-state index in [2.05, 4.69) is 24.3 Å². The summed E-state index contributed by atoms with van der Waals surface area (Å²) in [7, 11) is 0. The Bertz CT molecular complexity index is 887. The van der Waals surface area contributed by atoms with E-state index in [0.717, 1.165) is 38.8 Å². The van der Waals surface area contributed by atoms with Crippen LogP contribution in [0.2, 0.25) is 0 Å². The van der Waals surface area contributed by atoms with E-state index in [0.29, 0.717) is 18.1 Å². The molecular weight excluding hydrogens is 380 g/mol. The van der Waals surface area contributed by atoms with Crippen LogP contribution in [0.4, 0.5) is 5.69 Å². The van der Waals surface area contributed by atoms with E-state index in [1.165, 1.54) is 17.7 Å². The molecule has 0 radical (unpaired) electrons. The predicted molar refractivity (Wildman–Crippen MR) is 117 cm³/mol. The number of nitro groups is 1. The molecule has 6 heteroatoms. The number of likely N-dealkylation sites (tertiary alicyclic amines) is 1. The number of carbonyl (C=O) groups excluding carboxylic acids is 1. The summed E-state index contributed by atoms with van der Waals surface area (Å²) < 4.78 is 5.44. The van der Waals surface area contributed by atoms with Gasteiger partial charge in [-0.3, -0.25) is 14.9 Å². The van der Waals surface area contributed by atoms with Crippen molar-refractivity contribution in [2.45, 2.75) is 32.6 Å². The van der Waals surface area contributed by atoms with E-state index >= 15 is 0 Å². The Morgan fingerprint density at radius 3 is 2.60 bits per heavy atom. The van der Waals surface area contributed by atoms with Gasteiger partial charge in [-0.1, -0.05) is 43.3 Å².